The molecule has 2 atom stereocenters. The molecule has 2 rings (SSSR count). The largest absolute Gasteiger partial charge is 0.396 e. The van der Waals surface area contributed by atoms with E-state index in [1.807, 2.05) is 12.1 Å². The van der Waals surface area contributed by atoms with E-state index in [1.165, 1.54) is 0 Å². The maximum Gasteiger partial charge on any atom is 0.225 e. The van der Waals surface area contributed by atoms with Gasteiger partial charge in [0, 0.05) is 18.2 Å². The lowest BCUT2D eigenvalue weighted by molar-refractivity contribution is -0.130. The molecule has 5 heteroatoms. The van der Waals surface area contributed by atoms with Crippen LogP contribution in [0.5, 0.6) is 0 Å². The number of β-amino-alcohol motifs (C(OH)–C–C–N with tert-alkyl or cyclic N) is 1. The third kappa shape index (κ3) is 2.83. The molecule has 1 fully saturated rings. The van der Waals surface area contributed by atoms with E-state index in [4.69, 9.17) is 16.7 Å². The minimum absolute atomic E-state index is 0.00678. The van der Waals surface area contributed by atoms with Crippen molar-refractivity contribution >= 4 is 17.5 Å². The van der Waals surface area contributed by atoms with Gasteiger partial charge in [-0.2, -0.15) is 0 Å². The molecule has 1 aromatic carbocycles. The third-order valence-electron chi connectivity index (χ3n) is 3.17. The zero-order valence-corrected chi connectivity index (χ0v) is 10.7. The summed E-state index contributed by atoms with van der Waals surface area (Å²) in [6.07, 6.45) is 0.0151. The van der Waals surface area contributed by atoms with Gasteiger partial charge in [-0.05, 0) is 24.1 Å². The number of carbonyl (C=O) groups excluding carboxylic acids is 1. The fraction of sp³-hybridized carbons (Fsp3) is 0.462. The summed E-state index contributed by atoms with van der Waals surface area (Å²) in [6, 6.07) is 7.02. The van der Waals surface area contributed by atoms with E-state index in [0.29, 0.717) is 18.0 Å². The molecule has 1 saturated heterocycles. The first kappa shape index (κ1) is 13.3. The average molecular weight is 270 g/mol. The highest BCUT2D eigenvalue weighted by Gasteiger charge is 2.33. The normalized spacial score (nSPS) is 21.4. The van der Waals surface area contributed by atoms with Gasteiger partial charge in [0.25, 0.3) is 0 Å². The van der Waals surface area contributed by atoms with Crippen molar-refractivity contribution in [3.8, 4) is 0 Å². The Bertz CT molecular complexity index is 421. The monoisotopic (exact) mass is 269 g/mol. The molecule has 1 aliphatic rings. The first-order valence-electron chi connectivity index (χ1n) is 5.95. The van der Waals surface area contributed by atoms with Crippen LogP contribution in [0.2, 0.25) is 5.02 Å². The lowest BCUT2D eigenvalue weighted by atomic mass is 10.0. The second-order valence-corrected chi connectivity index (χ2v) is 4.92. The van der Waals surface area contributed by atoms with Crippen LogP contribution in [0.1, 0.15) is 24.4 Å². The van der Waals surface area contributed by atoms with E-state index in [-0.39, 0.29) is 25.0 Å². The van der Waals surface area contributed by atoms with Crippen LogP contribution in [0.3, 0.4) is 0 Å². The fourth-order valence-electron chi connectivity index (χ4n) is 2.32. The number of nitrogens with zero attached hydrogens (tertiary/aromatic N) is 1. The van der Waals surface area contributed by atoms with Crippen LogP contribution in [0.15, 0.2) is 24.3 Å². The first-order chi connectivity index (χ1) is 8.61. The van der Waals surface area contributed by atoms with Crippen molar-refractivity contribution in [3.63, 3.8) is 0 Å². The Hall–Kier alpha value is -1.10. The summed E-state index contributed by atoms with van der Waals surface area (Å²) in [5, 5.41) is 19.3. The zero-order chi connectivity index (χ0) is 13.1. The number of halogens is 1. The number of carbonyl (C=O) groups is 1. The molecule has 0 spiro atoms. The third-order valence-corrected chi connectivity index (χ3v) is 3.42. The molecule has 2 unspecified atom stereocenters. The summed E-state index contributed by atoms with van der Waals surface area (Å²) in [7, 11) is 0. The Balaban J connectivity index is 2.22. The molecule has 0 bridgehead atoms. The summed E-state index contributed by atoms with van der Waals surface area (Å²) in [4.78, 5) is 13.4. The van der Waals surface area contributed by atoms with E-state index in [0.717, 1.165) is 5.56 Å². The van der Waals surface area contributed by atoms with Gasteiger partial charge in [0.05, 0.1) is 18.6 Å². The molecule has 1 aromatic rings. The Kier molecular flexibility index (Phi) is 4.22. The van der Waals surface area contributed by atoms with Crippen molar-refractivity contribution in [2.75, 3.05) is 13.2 Å². The van der Waals surface area contributed by atoms with Gasteiger partial charge in [-0.1, -0.05) is 23.7 Å². The fourth-order valence-corrected chi connectivity index (χ4v) is 2.45. The van der Waals surface area contributed by atoms with Gasteiger partial charge in [0.1, 0.15) is 0 Å². The highest BCUT2D eigenvalue weighted by molar-refractivity contribution is 6.30. The maximum absolute atomic E-state index is 11.8. The van der Waals surface area contributed by atoms with E-state index < -0.39 is 6.10 Å². The number of likely N-dealkylation sites (tertiary alicyclic amines) is 1. The molecular weight excluding hydrogens is 254 g/mol. The topological polar surface area (TPSA) is 60.8 Å². The smallest absolute Gasteiger partial charge is 0.225 e. The van der Waals surface area contributed by atoms with Crippen molar-refractivity contribution < 1.29 is 15.0 Å². The van der Waals surface area contributed by atoms with Crippen molar-refractivity contribution in [2.24, 2.45) is 0 Å². The van der Waals surface area contributed by atoms with Gasteiger partial charge >= 0.3 is 0 Å². The second-order valence-electron chi connectivity index (χ2n) is 4.48. The molecule has 1 heterocycles. The van der Waals surface area contributed by atoms with Gasteiger partial charge in [0.15, 0.2) is 0 Å². The number of aliphatic hydroxyl groups is 2. The number of rotatable bonds is 4. The molecule has 1 amide bonds. The number of amides is 1. The summed E-state index contributed by atoms with van der Waals surface area (Å²) in [5.41, 5.74) is 0.927. The summed E-state index contributed by atoms with van der Waals surface area (Å²) in [6.45, 7) is 0.319. The van der Waals surface area contributed by atoms with Crippen molar-refractivity contribution in [1.82, 2.24) is 4.90 Å². The quantitative estimate of drug-likeness (QED) is 0.868. The molecule has 18 heavy (non-hydrogen) atoms. The molecule has 0 radical (unpaired) electrons. The molecular formula is C13H16ClNO3. The minimum Gasteiger partial charge on any atom is -0.396 e. The zero-order valence-electron chi connectivity index (χ0n) is 9.92. The van der Waals surface area contributed by atoms with E-state index in [1.54, 1.807) is 17.0 Å². The molecule has 98 valence electrons. The number of hydrogen-bond donors (Lipinski definition) is 2. The summed E-state index contributed by atoms with van der Waals surface area (Å²) in [5.74, 6) is -0.0732. The van der Waals surface area contributed by atoms with Crippen LogP contribution in [0.4, 0.5) is 0 Å². The average Bonchev–Trinajstić information content (AvgIpc) is 2.67. The Morgan fingerprint density at radius 1 is 1.39 bits per heavy atom. The number of aliphatic hydroxyl groups excluding tert-OH is 2. The van der Waals surface area contributed by atoms with Crippen molar-refractivity contribution in [2.45, 2.75) is 25.0 Å². The summed E-state index contributed by atoms with van der Waals surface area (Å²) < 4.78 is 0. The Morgan fingerprint density at radius 2 is 2.06 bits per heavy atom. The van der Waals surface area contributed by atoms with E-state index >= 15 is 0 Å². The predicted octanol–water partition coefficient (Wildman–Crippen LogP) is 1.36. The van der Waals surface area contributed by atoms with Gasteiger partial charge in [0.2, 0.25) is 5.91 Å². The second kappa shape index (κ2) is 5.69. The van der Waals surface area contributed by atoms with Gasteiger partial charge < -0.3 is 15.1 Å². The molecule has 1 aliphatic heterocycles. The van der Waals surface area contributed by atoms with E-state index in [9.17, 15) is 9.90 Å². The maximum atomic E-state index is 11.8. The first-order valence-corrected chi connectivity index (χ1v) is 6.33. The molecule has 2 N–H and O–H groups in total. The Labute approximate surface area is 111 Å². The van der Waals surface area contributed by atoms with Crippen LogP contribution in [-0.2, 0) is 4.79 Å². The van der Waals surface area contributed by atoms with Crippen molar-refractivity contribution in [1.29, 1.82) is 0 Å². The summed E-state index contributed by atoms with van der Waals surface area (Å²) >= 11 is 5.84. The minimum atomic E-state index is -0.606. The number of hydrogen-bond acceptors (Lipinski definition) is 3. The lowest BCUT2D eigenvalue weighted by Gasteiger charge is -2.28. The van der Waals surface area contributed by atoms with Crippen LogP contribution in [-0.4, -0.2) is 40.3 Å². The van der Waals surface area contributed by atoms with Gasteiger partial charge in [-0.15, -0.1) is 0 Å². The van der Waals surface area contributed by atoms with E-state index in [2.05, 4.69) is 0 Å². The van der Waals surface area contributed by atoms with Crippen LogP contribution < -0.4 is 0 Å². The standard InChI is InChI=1S/C13H16ClNO3/c14-10-3-1-9(2-4-10)12(5-6-16)15-8-11(17)7-13(15)18/h1-4,11-12,16-17H,5-8H2. The van der Waals surface area contributed by atoms with Crippen LogP contribution in [0.25, 0.3) is 0 Å². The lowest BCUT2D eigenvalue weighted by Crippen LogP contribution is -2.31. The highest BCUT2D eigenvalue weighted by Crippen LogP contribution is 2.29. The SMILES string of the molecule is O=C1CC(O)CN1C(CCO)c1ccc(Cl)cc1. The molecule has 0 aliphatic carbocycles. The Morgan fingerprint density at radius 3 is 2.56 bits per heavy atom. The highest BCUT2D eigenvalue weighted by atomic mass is 35.5. The predicted molar refractivity (Wildman–Crippen MR) is 68.2 cm³/mol. The van der Waals surface area contributed by atoms with Gasteiger partial charge in [-0.25, -0.2) is 0 Å². The number of benzene rings is 1. The van der Waals surface area contributed by atoms with Crippen LogP contribution >= 0.6 is 11.6 Å². The van der Waals surface area contributed by atoms with Gasteiger partial charge in [-0.3, -0.25) is 4.79 Å². The molecule has 0 aromatic heterocycles. The van der Waals surface area contributed by atoms with Crippen molar-refractivity contribution in [3.05, 3.63) is 34.9 Å². The molecule has 0 saturated carbocycles. The van der Waals surface area contributed by atoms with Crippen LogP contribution in [0, 0.1) is 0 Å². The molecule has 4 nitrogen and oxygen atoms in total.